The monoisotopic (exact) mass is 166 g/mol. The van der Waals surface area contributed by atoms with Gasteiger partial charge in [-0.15, -0.1) is 6.58 Å². The first-order chi connectivity index (χ1) is 5.43. The molecule has 11 heavy (non-hydrogen) atoms. The maximum atomic E-state index is 3.70. The van der Waals surface area contributed by atoms with Gasteiger partial charge < -0.3 is 0 Å². The van der Waals surface area contributed by atoms with Crippen molar-refractivity contribution in [3.8, 4) is 0 Å². The fourth-order valence-electron chi connectivity index (χ4n) is 1.05. The molecule has 60 valence electrons. The number of hydrogen-bond donors (Lipinski definition) is 0. The molecule has 0 aliphatic heterocycles. The highest BCUT2D eigenvalue weighted by Gasteiger charge is 1.91. The first-order valence-corrected chi connectivity index (χ1v) is 4.99. The second kappa shape index (κ2) is 5.14. The molecule has 0 atom stereocenters. The largest absolute Gasteiger partial charge is 0.152 e. The van der Waals surface area contributed by atoms with Crippen LogP contribution >= 0.6 is 11.3 Å². The summed E-state index contributed by atoms with van der Waals surface area (Å²) < 4.78 is 0. The number of rotatable bonds is 5. The Balaban J connectivity index is 2.09. The molecule has 1 rings (SSSR count). The van der Waals surface area contributed by atoms with E-state index in [9.17, 15) is 0 Å². The summed E-state index contributed by atoms with van der Waals surface area (Å²) in [4.78, 5) is 0. The van der Waals surface area contributed by atoms with Gasteiger partial charge in [-0.3, -0.25) is 0 Å². The zero-order chi connectivity index (χ0) is 7.94. The average Bonchev–Trinajstić information content (AvgIpc) is 2.50. The SMILES string of the molecule is C=CCCCCc1ccsc1. The Hall–Kier alpha value is -0.560. The lowest BCUT2D eigenvalue weighted by Crippen LogP contribution is -1.80. The normalized spacial score (nSPS) is 9.82. The molecule has 1 heteroatoms. The second-order valence-electron chi connectivity index (χ2n) is 2.67. The molecule has 0 spiro atoms. The van der Waals surface area contributed by atoms with E-state index in [-0.39, 0.29) is 0 Å². The predicted molar refractivity (Wildman–Crippen MR) is 52.1 cm³/mol. The zero-order valence-corrected chi connectivity index (χ0v) is 7.57. The van der Waals surface area contributed by atoms with E-state index in [1.165, 1.54) is 24.8 Å². The van der Waals surface area contributed by atoms with E-state index in [1.54, 1.807) is 11.3 Å². The minimum Gasteiger partial charge on any atom is -0.152 e. The van der Waals surface area contributed by atoms with Crippen molar-refractivity contribution >= 4 is 11.3 Å². The lowest BCUT2D eigenvalue weighted by Gasteiger charge is -1.94. The van der Waals surface area contributed by atoms with Crippen molar-refractivity contribution in [2.24, 2.45) is 0 Å². The molecular formula is C10H14S. The fourth-order valence-corrected chi connectivity index (χ4v) is 1.76. The summed E-state index contributed by atoms with van der Waals surface area (Å²) in [5.41, 5.74) is 1.49. The van der Waals surface area contributed by atoms with Gasteiger partial charge in [-0.05, 0) is 48.1 Å². The first-order valence-electron chi connectivity index (χ1n) is 4.05. The van der Waals surface area contributed by atoms with Crippen molar-refractivity contribution in [3.63, 3.8) is 0 Å². The Labute approximate surface area is 72.6 Å². The molecule has 0 nitrogen and oxygen atoms in total. The Kier molecular flexibility index (Phi) is 3.99. The number of hydrogen-bond acceptors (Lipinski definition) is 1. The van der Waals surface area contributed by atoms with Gasteiger partial charge >= 0.3 is 0 Å². The Morgan fingerprint density at radius 3 is 3.00 bits per heavy atom. The zero-order valence-electron chi connectivity index (χ0n) is 6.75. The first kappa shape index (κ1) is 8.54. The summed E-state index contributed by atoms with van der Waals surface area (Å²) in [6, 6.07) is 2.21. The van der Waals surface area contributed by atoms with Crippen LogP contribution in [0.25, 0.3) is 0 Å². The van der Waals surface area contributed by atoms with Gasteiger partial charge in [0, 0.05) is 0 Å². The highest BCUT2D eigenvalue weighted by atomic mass is 32.1. The quantitative estimate of drug-likeness (QED) is 0.462. The fraction of sp³-hybridized carbons (Fsp3) is 0.400. The predicted octanol–water partition coefficient (Wildman–Crippen LogP) is 3.65. The van der Waals surface area contributed by atoms with Gasteiger partial charge in [0.1, 0.15) is 0 Å². The van der Waals surface area contributed by atoms with E-state index < -0.39 is 0 Å². The van der Waals surface area contributed by atoms with E-state index in [4.69, 9.17) is 0 Å². The lowest BCUT2D eigenvalue weighted by molar-refractivity contribution is 0.750. The van der Waals surface area contributed by atoms with Crippen LogP contribution in [0.15, 0.2) is 29.5 Å². The maximum Gasteiger partial charge on any atom is -0.00613 e. The Morgan fingerprint density at radius 2 is 2.36 bits per heavy atom. The molecule has 0 radical (unpaired) electrons. The molecule has 0 fully saturated rings. The van der Waals surface area contributed by atoms with Crippen LogP contribution in [0.1, 0.15) is 24.8 Å². The van der Waals surface area contributed by atoms with Crippen LogP contribution in [0.3, 0.4) is 0 Å². The van der Waals surface area contributed by atoms with E-state index in [0.717, 1.165) is 6.42 Å². The molecule has 0 aliphatic carbocycles. The number of aryl methyl sites for hydroxylation is 1. The van der Waals surface area contributed by atoms with Crippen molar-refractivity contribution in [2.45, 2.75) is 25.7 Å². The van der Waals surface area contributed by atoms with Crippen molar-refractivity contribution in [1.29, 1.82) is 0 Å². The van der Waals surface area contributed by atoms with Gasteiger partial charge in [-0.2, -0.15) is 11.3 Å². The highest BCUT2D eigenvalue weighted by Crippen LogP contribution is 2.10. The summed E-state index contributed by atoms with van der Waals surface area (Å²) in [6.45, 7) is 3.70. The van der Waals surface area contributed by atoms with Crippen LogP contribution in [-0.2, 0) is 6.42 Å². The van der Waals surface area contributed by atoms with Crippen LogP contribution < -0.4 is 0 Å². The Morgan fingerprint density at radius 1 is 1.45 bits per heavy atom. The molecule has 0 aromatic carbocycles. The van der Waals surface area contributed by atoms with Crippen LogP contribution in [0, 0.1) is 0 Å². The van der Waals surface area contributed by atoms with E-state index in [0.29, 0.717) is 0 Å². The number of thiophene rings is 1. The molecule has 0 N–H and O–H groups in total. The van der Waals surface area contributed by atoms with Crippen molar-refractivity contribution in [3.05, 3.63) is 35.0 Å². The van der Waals surface area contributed by atoms with Crippen molar-refractivity contribution in [1.82, 2.24) is 0 Å². The third-order valence-electron chi connectivity index (χ3n) is 1.70. The van der Waals surface area contributed by atoms with E-state index >= 15 is 0 Å². The van der Waals surface area contributed by atoms with Gasteiger partial charge in [0.15, 0.2) is 0 Å². The van der Waals surface area contributed by atoms with Crippen LogP contribution in [0.2, 0.25) is 0 Å². The third-order valence-corrected chi connectivity index (χ3v) is 2.44. The topological polar surface area (TPSA) is 0 Å². The molecule has 0 saturated carbocycles. The molecule has 1 heterocycles. The number of unbranched alkanes of at least 4 members (excludes halogenated alkanes) is 2. The maximum absolute atomic E-state index is 3.70. The van der Waals surface area contributed by atoms with Gasteiger partial charge in [-0.1, -0.05) is 6.08 Å². The van der Waals surface area contributed by atoms with Crippen molar-refractivity contribution in [2.75, 3.05) is 0 Å². The van der Waals surface area contributed by atoms with Gasteiger partial charge in [0.2, 0.25) is 0 Å². The molecule has 0 bridgehead atoms. The van der Waals surface area contributed by atoms with E-state index in [2.05, 4.69) is 23.4 Å². The van der Waals surface area contributed by atoms with Gasteiger partial charge in [-0.25, -0.2) is 0 Å². The summed E-state index contributed by atoms with van der Waals surface area (Å²) in [6.07, 6.45) is 6.96. The molecular weight excluding hydrogens is 152 g/mol. The second-order valence-corrected chi connectivity index (χ2v) is 3.45. The minimum atomic E-state index is 1.16. The molecule has 1 aromatic rings. The standard InChI is InChI=1S/C10H14S/c1-2-3-4-5-6-10-7-8-11-9-10/h2,7-9H,1,3-6H2. The summed E-state index contributed by atoms with van der Waals surface area (Å²) in [5.74, 6) is 0. The molecule has 0 amide bonds. The Bertz CT molecular complexity index is 187. The van der Waals surface area contributed by atoms with Crippen molar-refractivity contribution < 1.29 is 0 Å². The molecule has 0 unspecified atom stereocenters. The highest BCUT2D eigenvalue weighted by molar-refractivity contribution is 7.07. The van der Waals surface area contributed by atoms with E-state index in [1.807, 2.05) is 6.08 Å². The summed E-state index contributed by atoms with van der Waals surface area (Å²) >= 11 is 1.78. The van der Waals surface area contributed by atoms with Crippen LogP contribution in [-0.4, -0.2) is 0 Å². The molecule has 0 saturated heterocycles. The van der Waals surface area contributed by atoms with Gasteiger partial charge in [0.25, 0.3) is 0 Å². The van der Waals surface area contributed by atoms with Gasteiger partial charge in [0.05, 0.1) is 0 Å². The molecule has 1 aromatic heterocycles. The third kappa shape index (κ3) is 3.38. The summed E-state index contributed by atoms with van der Waals surface area (Å²) in [5, 5.41) is 4.37. The lowest BCUT2D eigenvalue weighted by atomic mass is 10.1. The molecule has 0 aliphatic rings. The van der Waals surface area contributed by atoms with Crippen LogP contribution in [0.4, 0.5) is 0 Å². The minimum absolute atomic E-state index is 1.16. The average molecular weight is 166 g/mol. The summed E-state index contributed by atoms with van der Waals surface area (Å²) in [7, 11) is 0. The smallest absolute Gasteiger partial charge is 0.00613 e. The van der Waals surface area contributed by atoms with Crippen LogP contribution in [0.5, 0.6) is 0 Å². The number of allylic oxidation sites excluding steroid dienone is 1.